The molecule has 0 unspecified atom stereocenters. The molecule has 240 valence electrons. The van der Waals surface area contributed by atoms with Gasteiger partial charge in [-0.05, 0) is 71.8 Å². The maximum absolute atomic E-state index is 13.4. The van der Waals surface area contributed by atoms with E-state index >= 15 is 0 Å². The maximum atomic E-state index is 13.4. The first-order valence-electron chi connectivity index (χ1n) is 14.4. The number of hydrogen-bond acceptors (Lipinski definition) is 8. The molecule has 10 nitrogen and oxygen atoms in total. The zero-order valence-electron chi connectivity index (χ0n) is 25.5. The maximum Gasteiger partial charge on any atom is 0.366 e. The lowest BCUT2D eigenvalue weighted by Gasteiger charge is -2.13. The Morgan fingerprint density at radius 3 is 1.77 bits per heavy atom. The molecule has 0 aliphatic carbocycles. The number of rotatable bonds is 7. The van der Waals surface area contributed by atoms with Crippen LogP contribution in [0.5, 0.6) is 11.5 Å². The van der Waals surface area contributed by atoms with E-state index in [1.807, 2.05) is 0 Å². The zero-order valence-corrected chi connectivity index (χ0v) is 25.5. The van der Waals surface area contributed by atoms with E-state index in [4.69, 9.17) is 18.5 Å². The first-order valence-corrected chi connectivity index (χ1v) is 14.4. The lowest BCUT2D eigenvalue weighted by molar-refractivity contribution is 0.315. The van der Waals surface area contributed by atoms with Crippen molar-refractivity contribution in [2.75, 3.05) is 14.2 Å². The molecule has 4 aromatic heterocycles. The summed E-state index contributed by atoms with van der Waals surface area (Å²) in [5.41, 5.74) is 3.86. The molecular weight excluding hydrogens is 622 g/mol. The van der Waals surface area contributed by atoms with Crippen LogP contribution in [0.15, 0.2) is 134 Å². The molecule has 1 N–H and O–H groups in total. The van der Waals surface area contributed by atoms with E-state index in [0.29, 0.717) is 56.4 Å². The third-order valence-electron chi connectivity index (χ3n) is 7.31. The van der Waals surface area contributed by atoms with Crippen molar-refractivity contribution in [3.8, 4) is 62.0 Å². The molecule has 7 rings (SSSR count). The van der Waals surface area contributed by atoms with Crippen LogP contribution < -0.4 is 20.7 Å². The standard InChI is InChI=1S/C22H17FN2O4.C14H9FN2O2/c1-27-17-7-8-18(19(13-17)28-2)25-21(15-9-11-24-12-10-15)20(22(26)29-25)14-3-5-16(23)6-4-14;15-11-3-1-9(2-4-11)12-13(17-19-14(12)18)10-5-7-16-8-6-10/h3-13H,1-2H3;1-8,17H. The molecule has 0 spiro atoms. The predicted molar refractivity (Wildman–Crippen MR) is 174 cm³/mol. The third-order valence-corrected chi connectivity index (χ3v) is 7.31. The number of nitrogens with zero attached hydrogens (tertiary/aromatic N) is 3. The van der Waals surface area contributed by atoms with Crippen LogP contribution >= 0.6 is 0 Å². The van der Waals surface area contributed by atoms with Crippen molar-refractivity contribution in [3.63, 3.8) is 0 Å². The number of halogens is 2. The average molecular weight is 649 g/mol. The van der Waals surface area contributed by atoms with Gasteiger partial charge in [-0.25, -0.2) is 23.5 Å². The Hall–Kier alpha value is -6.56. The fourth-order valence-electron chi connectivity index (χ4n) is 5.04. The fraction of sp³-hybridized carbons (Fsp3) is 0.0556. The van der Waals surface area contributed by atoms with Crippen LogP contribution in [0.2, 0.25) is 0 Å². The van der Waals surface area contributed by atoms with Crippen LogP contribution in [0.1, 0.15) is 0 Å². The van der Waals surface area contributed by atoms with Crippen LogP contribution in [0.25, 0.3) is 50.5 Å². The lowest BCUT2D eigenvalue weighted by atomic mass is 10.0. The van der Waals surface area contributed by atoms with Crippen LogP contribution in [0, 0.1) is 11.6 Å². The minimum Gasteiger partial charge on any atom is -0.497 e. The summed E-state index contributed by atoms with van der Waals surface area (Å²) in [5.74, 6) is 0.322. The summed E-state index contributed by atoms with van der Waals surface area (Å²) in [6.07, 6.45) is 6.48. The fourth-order valence-corrected chi connectivity index (χ4v) is 5.04. The Balaban J connectivity index is 0.000000182. The molecule has 4 heterocycles. The molecular formula is C36H26F2N4O6. The number of methoxy groups -OCH3 is 2. The molecule has 0 bridgehead atoms. The van der Waals surface area contributed by atoms with Crippen molar-refractivity contribution >= 4 is 0 Å². The summed E-state index contributed by atoms with van der Waals surface area (Å²) in [7, 11) is 3.08. The van der Waals surface area contributed by atoms with E-state index in [9.17, 15) is 18.4 Å². The number of ether oxygens (including phenoxy) is 2. The lowest BCUT2D eigenvalue weighted by Crippen LogP contribution is -2.00. The molecule has 0 saturated heterocycles. The highest BCUT2D eigenvalue weighted by atomic mass is 19.1. The van der Waals surface area contributed by atoms with Gasteiger partial charge in [0.1, 0.15) is 34.5 Å². The Labute approximate surface area is 271 Å². The number of pyridine rings is 2. The molecule has 0 radical (unpaired) electrons. The highest BCUT2D eigenvalue weighted by Crippen LogP contribution is 2.36. The van der Waals surface area contributed by atoms with Crippen molar-refractivity contribution in [2.24, 2.45) is 0 Å². The Kier molecular flexibility index (Phi) is 9.05. The van der Waals surface area contributed by atoms with Gasteiger partial charge in [0.25, 0.3) is 0 Å². The van der Waals surface area contributed by atoms with Gasteiger partial charge in [-0.15, -0.1) is 0 Å². The Morgan fingerprint density at radius 1 is 0.646 bits per heavy atom. The van der Waals surface area contributed by atoms with Gasteiger partial charge in [0, 0.05) is 42.0 Å². The van der Waals surface area contributed by atoms with E-state index in [1.165, 1.54) is 36.1 Å². The SMILES string of the molecule is COc1ccc(-n2oc(=O)c(-c3ccc(F)cc3)c2-c2ccncc2)c(OC)c1.O=c1o[nH]c(-c2ccncc2)c1-c1ccc(F)cc1. The number of nitrogens with one attached hydrogen (secondary N) is 1. The summed E-state index contributed by atoms with van der Waals surface area (Å²) in [6, 6.07) is 23.6. The summed E-state index contributed by atoms with van der Waals surface area (Å²) < 4.78 is 48.9. The molecule has 0 aliphatic rings. The van der Waals surface area contributed by atoms with Gasteiger partial charge in [-0.1, -0.05) is 24.3 Å². The highest BCUT2D eigenvalue weighted by Gasteiger charge is 2.24. The minimum atomic E-state index is -0.554. The van der Waals surface area contributed by atoms with Crippen molar-refractivity contribution in [3.05, 3.63) is 148 Å². The molecule has 0 amide bonds. The largest absolute Gasteiger partial charge is 0.497 e. The smallest absolute Gasteiger partial charge is 0.366 e. The molecule has 48 heavy (non-hydrogen) atoms. The number of hydrogen-bond donors (Lipinski definition) is 1. The summed E-state index contributed by atoms with van der Waals surface area (Å²) in [6.45, 7) is 0. The van der Waals surface area contributed by atoms with Crippen molar-refractivity contribution < 1.29 is 27.3 Å². The van der Waals surface area contributed by atoms with Gasteiger partial charge in [0.2, 0.25) is 0 Å². The molecule has 0 aliphatic heterocycles. The van der Waals surface area contributed by atoms with Crippen LogP contribution in [-0.4, -0.2) is 34.1 Å². The molecule has 12 heteroatoms. The van der Waals surface area contributed by atoms with Gasteiger partial charge in [0.15, 0.2) is 0 Å². The molecule has 7 aromatic rings. The van der Waals surface area contributed by atoms with Crippen molar-refractivity contribution in [1.29, 1.82) is 0 Å². The van der Waals surface area contributed by atoms with Gasteiger partial charge >= 0.3 is 11.3 Å². The van der Waals surface area contributed by atoms with Crippen LogP contribution in [0.3, 0.4) is 0 Å². The van der Waals surface area contributed by atoms with Crippen LogP contribution in [-0.2, 0) is 0 Å². The van der Waals surface area contributed by atoms with Crippen LogP contribution in [0.4, 0.5) is 8.78 Å². The second-order valence-electron chi connectivity index (χ2n) is 10.2. The quantitative estimate of drug-likeness (QED) is 0.193. The Morgan fingerprint density at radius 2 is 1.21 bits per heavy atom. The summed E-state index contributed by atoms with van der Waals surface area (Å²) >= 11 is 0. The minimum absolute atomic E-state index is 0.314. The first-order chi connectivity index (χ1) is 23.4. The molecule has 3 aromatic carbocycles. The number of H-pyrrole nitrogens is 1. The normalized spacial score (nSPS) is 10.7. The van der Waals surface area contributed by atoms with E-state index in [0.717, 1.165) is 5.56 Å². The van der Waals surface area contributed by atoms with Crippen molar-refractivity contribution in [1.82, 2.24) is 19.9 Å². The topological polar surface area (TPSA) is 125 Å². The van der Waals surface area contributed by atoms with E-state index in [2.05, 4.69) is 15.1 Å². The van der Waals surface area contributed by atoms with Gasteiger partial charge in [-0.3, -0.25) is 9.97 Å². The highest BCUT2D eigenvalue weighted by molar-refractivity contribution is 5.82. The number of aromatic nitrogens is 4. The number of aromatic amines is 1. The Bertz CT molecular complexity index is 2260. The zero-order chi connectivity index (χ0) is 33.6. The third kappa shape index (κ3) is 6.40. The second-order valence-corrected chi connectivity index (χ2v) is 10.2. The molecule has 0 atom stereocenters. The van der Waals surface area contributed by atoms with Gasteiger partial charge in [-0.2, -0.15) is 4.74 Å². The van der Waals surface area contributed by atoms with Gasteiger partial charge in [0.05, 0.1) is 31.0 Å². The number of benzene rings is 3. The molecule has 0 saturated carbocycles. The van der Waals surface area contributed by atoms with Gasteiger partial charge < -0.3 is 18.5 Å². The first kappa shape index (κ1) is 31.4. The summed E-state index contributed by atoms with van der Waals surface area (Å²) in [4.78, 5) is 32.6. The molecule has 0 fully saturated rings. The van der Waals surface area contributed by atoms with E-state index in [1.54, 1.807) is 98.6 Å². The summed E-state index contributed by atoms with van der Waals surface area (Å²) in [5, 5.41) is 2.59. The monoisotopic (exact) mass is 648 g/mol. The second kappa shape index (κ2) is 13.8. The van der Waals surface area contributed by atoms with Crippen molar-refractivity contribution in [2.45, 2.75) is 0 Å². The average Bonchev–Trinajstić information content (AvgIpc) is 3.69. The van der Waals surface area contributed by atoms with E-state index in [-0.39, 0.29) is 11.6 Å². The van der Waals surface area contributed by atoms with E-state index < -0.39 is 11.3 Å². The predicted octanol–water partition coefficient (Wildman–Crippen LogP) is 7.15.